The SMILES string of the molecule is CCCOCCS(=O)c1cc(Br)ccc1C(=O)O. The van der Waals surface area contributed by atoms with Crippen molar-refractivity contribution in [2.24, 2.45) is 0 Å². The minimum absolute atomic E-state index is 0.0759. The van der Waals surface area contributed by atoms with E-state index in [-0.39, 0.29) is 5.56 Å². The summed E-state index contributed by atoms with van der Waals surface area (Å²) in [5, 5.41) is 9.03. The van der Waals surface area contributed by atoms with Crippen molar-refractivity contribution in [2.45, 2.75) is 18.2 Å². The number of rotatable bonds is 7. The number of hydrogen-bond donors (Lipinski definition) is 1. The van der Waals surface area contributed by atoms with Gasteiger partial charge in [0.2, 0.25) is 0 Å². The molecule has 1 aromatic carbocycles. The van der Waals surface area contributed by atoms with E-state index < -0.39 is 16.8 Å². The second-order valence-corrected chi connectivity index (χ2v) is 6.06. The maximum atomic E-state index is 12.0. The van der Waals surface area contributed by atoms with E-state index in [4.69, 9.17) is 9.84 Å². The Morgan fingerprint density at radius 2 is 2.17 bits per heavy atom. The van der Waals surface area contributed by atoms with Gasteiger partial charge in [-0.15, -0.1) is 0 Å². The number of benzene rings is 1. The zero-order valence-electron chi connectivity index (χ0n) is 10.0. The lowest BCUT2D eigenvalue weighted by Crippen LogP contribution is -2.11. The molecule has 0 spiro atoms. The summed E-state index contributed by atoms with van der Waals surface area (Å²) in [6.07, 6.45) is 0.907. The van der Waals surface area contributed by atoms with Gasteiger partial charge in [0, 0.05) is 11.1 Å². The van der Waals surface area contributed by atoms with Gasteiger partial charge in [-0.05, 0) is 24.6 Å². The van der Waals surface area contributed by atoms with Crippen molar-refractivity contribution in [2.75, 3.05) is 19.0 Å². The first kappa shape index (κ1) is 15.3. The molecular weight excluding hydrogens is 320 g/mol. The maximum Gasteiger partial charge on any atom is 0.336 e. The van der Waals surface area contributed by atoms with Crippen molar-refractivity contribution in [1.82, 2.24) is 0 Å². The minimum atomic E-state index is -1.37. The van der Waals surface area contributed by atoms with Crippen LogP contribution in [-0.4, -0.2) is 34.3 Å². The highest BCUT2D eigenvalue weighted by Gasteiger charge is 2.15. The molecule has 1 aromatic rings. The fourth-order valence-corrected chi connectivity index (χ4v) is 3.01. The van der Waals surface area contributed by atoms with E-state index in [2.05, 4.69) is 15.9 Å². The predicted octanol–water partition coefficient (Wildman–Crippen LogP) is 2.68. The lowest BCUT2D eigenvalue weighted by molar-refractivity contribution is 0.0693. The third-order valence-electron chi connectivity index (χ3n) is 2.18. The molecule has 0 radical (unpaired) electrons. The van der Waals surface area contributed by atoms with Crippen LogP contribution in [0.3, 0.4) is 0 Å². The molecule has 18 heavy (non-hydrogen) atoms. The molecule has 0 heterocycles. The van der Waals surface area contributed by atoms with Crippen LogP contribution in [0.25, 0.3) is 0 Å². The lowest BCUT2D eigenvalue weighted by atomic mass is 10.2. The Morgan fingerprint density at radius 3 is 2.78 bits per heavy atom. The first-order valence-electron chi connectivity index (χ1n) is 5.55. The van der Waals surface area contributed by atoms with E-state index in [0.29, 0.717) is 28.3 Å². The molecule has 1 unspecified atom stereocenters. The van der Waals surface area contributed by atoms with Crippen LogP contribution >= 0.6 is 15.9 Å². The number of carbonyl (C=O) groups is 1. The molecule has 0 aliphatic rings. The highest BCUT2D eigenvalue weighted by atomic mass is 79.9. The van der Waals surface area contributed by atoms with Gasteiger partial charge in [-0.2, -0.15) is 0 Å². The smallest absolute Gasteiger partial charge is 0.336 e. The quantitative estimate of drug-likeness (QED) is 0.778. The molecular formula is C12H15BrO4S. The third-order valence-corrected chi connectivity index (χ3v) is 4.04. The Hall–Kier alpha value is -0.720. The highest BCUT2D eigenvalue weighted by molar-refractivity contribution is 9.10. The first-order valence-corrected chi connectivity index (χ1v) is 7.66. The van der Waals surface area contributed by atoms with Crippen LogP contribution in [0.5, 0.6) is 0 Å². The Morgan fingerprint density at radius 1 is 1.44 bits per heavy atom. The second-order valence-electron chi connectivity index (χ2n) is 3.61. The van der Waals surface area contributed by atoms with Crippen LogP contribution in [0.15, 0.2) is 27.6 Å². The first-order chi connectivity index (χ1) is 8.56. The maximum absolute atomic E-state index is 12.0. The van der Waals surface area contributed by atoms with Crippen LogP contribution in [-0.2, 0) is 15.5 Å². The molecule has 0 amide bonds. The van der Waals surface area contributed by atoms with Crippen molar-refractivity contribution in [3.05, 3.63) is 28.2 Å². The highest BCUT2D eigenvalue weighted by Crippen LogP contribution is 2.20. The van der Waals surface area contributed by atoms with Crippen molar-refractivity contribution in [1.29, 1.82) is 0 Å². The van der Waals surface area contributed by atoms with Gasteiger partial charge in [0.1, 0.15) is 0 Å². The van der Waals surface area contributed by atoms with E-state index in [0.717, 1.165) is 6.42 Å². The molecule has 4 nitrogen and oxygen atoms in total. The second kappa shape index (κ2) is 7.66. The molecule has 0 saturated carbocycles. The standard InChI is InChI=1S/C12H15BrO4S/c1-2-5-17-6-7-18(16)11-8-9(13)3-4-10(11)12(14)15/h3-4,8H,2,5-7H2,1H3,(H,14,15). The van der Waals surface area contributed by atoms with Crippen molar-refractivity contribution >= 4 is 32.7 Å². The van der Waals surface area contributed by atoms with E-state index in [1.807, 2.05) is 6.92 Å². The monoisotopic (exact) mass is 334 g/mol. The zero-order valence-corrected chi connectivity index (χ0v) is 12.4. The van der Waals surface area contributed by atoms with Crippen LogP contribution in [0.1, 0.15) is 23.7 Å². The molecule has 0 aliphatic carbocycles. The van der Waals surface area contributed by atoms with E-state index in [1.165, 1.54) is 6.07 Å². The van der Waals surface area contributed by atoms with Gasteiger partial charge in [0.15, 0.2) is 0 Å². The third kappa shape index (κ3) is 4.51. The largest absolute Gasteiger partial charge is 0.478 e. The van der Waals surface area contributed by atoms with Gasteiger partial charge < -0.3 is 9.84 Å². The Balaban J connectivity index is 2.77. The number of ether oxygens (including phenoxy) is 1. The van der Waals surface area contributed by atoms with Crippen LogP contribution in [0, 0.1) is 0 Å². The molecule has 0 fully saturated rings. The summed E-state index contributed by atoms with van der Waals surface area (Å²) in [7, 11) is -1.37. The topological polar surface area (TPSA) is 63.6 Å². The molecule has 100 valence electrons. The summed E-state index contributed by atoms with van der Waals surface area (Å²) >= 11 is 3.25. The predicted molar refractivity (Wildman–Crippen MR) is 73.5 cm³/mol. The van der Waals surface area contributed by atoms with E-state index in [9.17, 15) is 9.00 Å². The van der Waals surface area contributed by atoms with Gasteiger partial charge in [0.05, 0.1) is 33.6 Å². The fraction of sp³-hybridized carbons (Fsp3) is 0.417. The zero-order chi connectivity index (χ0) is 13.5. The Bertz CT molecular complexity index is 448. The number of carboxylic acids is 1. The molecule has 0 bridgehead atoms. The fourth-order valence-electron chi connectivity index (χ4n) is 1.35. The normalized spacial score (nSPS) is 12.3. The van der Waals surface area contributed by atoms with Crippen molar-refractivity contribution in [3.63, 3.8) is 0 Å². The summed E-state index contributed by atoms with van der Waals surface area (Å²) in [5.74, 6) is -0.767. The number of aromatic carboxylic acids is 1. The number of carboxylic acid groups (broad SMARTS) is 1. The van der Waals surface area contributed by atoms with Crippen LogP contribution in [0.4, 0.5) is 0 Å². The number of hydrogen-bond acceptors (Lipinski definition) is 3. The molecule has 0 saturated heterocycles. The van der Waals surface area contributed by atoms with Crippen LogP contribution < -0.4 is 0 Å². The molecule has 0 aliphatic heterocycles. The average Bonchev–Trinajstić information content (AvgIpc) is 2.34. The summed E-state index contributed by atoms with van der Waals surface area (Å²) in [6, 6.07) is 4.66. The summed E-state index contributed by atoms with van der Waals surface area (Å²) in [6.45, 7) is 2.99. The van der Waals surface area contributed by atoms with E-state index >= 15 is 0 Å². The van der Waals surface area contributed by atoms with Gasteiger partial charge in [0.25, 0.3) is 0 Å². The van der Waals surface area contributed by atoms with Crippen LogP contribution in [0.2, 0.25) is 0 Å². The molecule has 1 rings (SSSR count). The molecule has 6 heteroatoms. The Kier molecular flexibility index (Phi) is 6.52. The number of halogens is 1. The van der Waals surface area contributed by atoms with Crippen molar-refractivity contribution < 1.29 is 18.8 Å². The lowest BCUT2D eigenvalue weighted by Gasteiger charge is -2.07. The Labute approximate surface area is 117 Å². The van der Waals surface area contributed by atoms with Gasteiger partial charge in [-0.1, -0.05) is 22.9 Å². The molecule has 0 aromatic heterocycles. The van der Waals surface area contributed by atoms with Crippen molar-refractivity contribution in [3.8, 4) is 0 Å². The van der Waals surface area contributed by atoms with Gasteiger partial charge in [-0.25, -0.2) is 4.79 Å². The molecule has 1 atom stereocenters. The van der Waals surface area contributed by atoms with Gasteiger partial charge >= 0.3 is 5.97 Å². The van der Waals surface area contributed by atoms with Gasteiger partial charge in [-0.3, -0.25) is 4.21 Å². The molecule has 1 N–H and O–H groups in total. The average molecular weight is 335 g/mol. The summed E-state index contributed by atoms with van der Waals surface area (Å²) < 4.78 is 18.0. The minimum Gasteiger partial charge on any atom is -0.478 e. The summed E-state index contributed by atoms with van der Waals surface area (Å²) in [5.41, 5.74) is 0.0759. The summed E-state index contributed by atoms with van der Waals surface area (Å²) in [4.78, 5) is 11.4. The van der Waals surface area contributed by atoms with E-state index in [1.54, 1.807) is 12.1 Å².